The molecule has 0 aliphatic carbocycles. The maximum absolute atomic E-state index is 13.2. The summed E-state index contributed by atoms with van der Waals surface area (Å²) in [6.07, 6.45) is 1.85. The Morgan fingerprint density at radius 3 is 2.43 bits per heavy atom. The zero-order chi connectivity index (χ0) is 15.2. The molecule has 0 radical (unpaired) electrons. The van der Waals surface area contributed by atoms with Gasteiger partial charge in [0.2, 0.25) is 0 Å². The molecule has 21 heavy (non-hydrogen) atoms. The molecule has 0 bridgehead atoms. The van der Waals surface area contributed by atoms with Crippen molar-refractivity contribution in [2.45, 2.75) is 32.7 Å². The molecule has 0 saturated carbocycles. The van der Waals surface area contributed by atoms with Gasteiger partial charge in [-0.3, -0.25) is 0 Å². The van der Waals surface area contributed by atoms with Crippen molar-refractivity contribution in [2.24, 2.45) is 0 Å². The highest BCUT2D eigenvalue weighted by Gasteiger charge is 2.12. The SMILES string of the molecule is CCNC(Cc1ccc(C)cc1)Cc1ccc(F)cc1Br. The Labute approximate surface area is 134 Å². The Bertz CT molecular complexity index is 580. The lowest BCUT2D eigenvalue weighted by molar-refractivity contribution is 0.520. The van der Waals surface area contributed by atoms with Gasteiger partial charge in [-0.05, 0) is 49.6 Å². The number of benzene rings is 2. The predicted octanol–water partition coefficient (Wildman–Crippen LogP) is 4.66. The van der Waals surface area contributed by atoms with Gasteiger partial charge in [-0.2, -0.15) is 0 Å². The first kappa shape index (κ1) is 16.2. The summed E-state index contributed by atoms with van der Waals surface area (Å²) in [7, 11) is 0. The minimum atomic E-state index is -0.204. The van der Waals surface area contributed by atoms with Gasteiger partial charge in [0, 0.05) is 10.5 Å². The second-order valence-electron chi connectivity index (χ2n) is 5.38. The Morgan fingerprint density at radius 1 is 1.10 bits per heavy atom. The molecule has 2 rings (SSSR count). The molecule has 0 spiro atoms. The van der Waals surface area contributed by atoms with Crippen molar-refractivity contribution in [3.8, 4) is 0 Å². The molecule has 2 aromatic carbocycles. The monoisotopic (exact) mass is 349 g/mol. The van der Waals surface area contributed by atoms with E-state index >= 15 is 0 Å². The third kappa shape index (κ3) is 4.94. The van der Waals surface area contributed by atoms with Gasteiger partial charge in [0.25, 0.3) is 0 Å². The van der Waals surface area contributed by atoms with E-state index in [4.69, 9.17) is 0 Å². The molecule has 3 heteroatoms. The van der Waals surface area contributed by atoms with E-state index in [2.05, 4.69) is 59.4 Å². The quantitative estimate of drug-likeness (QED) is 0.799. The summed E-state index contributed by atoms with van der Waals surface area (Å²) in [6, 6.07) is 13.9. The van der Waals surface area contributed by atoms with E-state index in [1.54, 1.807) is 0 Å². The highest BCUT2D eigenvalue weighted by Crippen LogP contribution is 2.20. The van der Waals surface area contributed by atoms with Crippen molar-refractivity contribution in [3.63, 3.8) is 0 Å². The van der Waals surface area contributed by atoms with Gasteiger partial charge in [-0.25, -0.2) is 4.39 Å². The van der Waals surface area contributed by atoms with Crippen LogP contribution in [0.3, 0.4) is 0 Å². The van der Waals surface area contributed by atoms with Crippen molar-refractivity contribution in [2.75, 3.05) is 6.54 Å². The number of rotatable bonds is 6. The van der Waals surface area contributed by atoms with Crippen LogP contribution in [-0.2, 0) is 12.8 Å². The van der Waals surface area contributed by atoms with E-state index in [9.17, 15) is 4.39 Å². The van der Waals surface area contributed by atoms with Crippen LogP contribution >= 0.6 is 15.9 Å². The summed E-state index contributed by atoms with van der Waals surface area (Å²) in [5.74, 6) is -0.204. The van der Waals surface area contributed by atoms with Crippen LogP contribution in [0.15, 0.2) is 46.9 Å². The fourth-order valence-electron chi connectivity index (χ4n) is 2.47. The predicted molar refractivity (Wildman–Crippen MR) is 90.2 cm³/mol. The number of aryl methyl sites for hydroxylation is 1. The normalized spacial score (nSPS) is 12.4. The fourth-order valence-corrected chi connectivity index (χ4v) is 2.98. The highest BCUT2D eigenvalue weighted by atomic mass is 79.9. The molecular weight excluding hydrogens is 329 g/mol. The summed E-state index contributed by atoms with van der Waals surface area (Å²) in [4.78, 5) is 0. The topological polar surface area (TPSA) is 12.0 Å². The number of nitrogens with one attached hydrogen (secondary N) is 1. The lowest BCUT2D eigenvalue weighted by atomic mass is 9.98. The zero-order valence-electron chi connectivity index (χ0n) is 12.5. The van der Waals surface area contributed by atoms with Crippen LogP contribution in [0.4, 0.5) is 4.39 Å². The summed E-state index contributed by atoms with van der Waals surface area (Å²) in [5, 5.41) is 3.52. The second kappa shape index (κ2) is 7.71. The minimum Gasteiger partial charge on any atom is -0.314 e. The molecule has 0 aliphatic heterocycles. The molecule has 112 valence electrons. The first-order valence-corrected chi connectivity index (χ1v) is 8.10. The average Bonchev–Trinajstić information content (AvgIpc) is 2.44. The largest absolute Gasteiger partial charge is 0.314 e. The molecule has 1 atom stereocenters. The Kier molecular flexibility index (Phi) is 5.95. The van der Waals surface area contributed by atoms with E-state index in [1.165, 1.54) is 23.3 Å². The van der Waals surface area contributed by atoms with E-state index in [-0.39, 0.29) is 5.82 Å². The van der Waals surface area contributed by atoms with E-state index in [1.807, 2.05) is 6.07 Å². The van der Waals surface area contributed by atoms with Crippen LogP contribution in [0.1, 0.15) is 23.6 Å². The molecule has 0 heterocycles. The molecular formula is C18H21BrFN. The highest BCUT2D eigenvalue weighted by molar-refractivity contribution is 9.10. The molecule has 1 unspecified atom stereocenters. The van der Waals surface area contributed by atoms with E-state index < -0.39 is 0 Å². The lowest BCUT2D eigenvalue weighted by Crippen LogP contribution is -2.33. The number of hydrogen-bond donors (Lipinski definition) is 1. The molecule has 2 aromatic rings. The van der Waals surface area contributed by atoms with Crippen LogP contribution < -0.4 is 5.32 Å². The van der Waals surface area contributed by atoms with Crippen molar-refractivity contribution < 1.29 is 4.39 Å². The Balaban J connectivity index is 2.09. The van der Waals surface area contributed by atoms with Gasteiger partial charge in [0.05, 0.1) is 0 Å². The molecule has 1 nitrogen and oxygen atoms in total. The van der Waals surface area contributed by atoms with Gasteiger partial charge < -0.3 is 5.32 Å². The Hall–Kier alpha value is -1.19. The first-order valence-electron chi connectivity index (χ1n) is 7.31. The van der Waals surface area contributed by atoms with Crippen LogP contribution in [0.5, 0.6) is 0 Å². The van der Waals surface area contributed by atoms with E-state index in [0.29, 0.717) is 6.04 Å². The first-order chi connectivity index (χ1) is 10.1. The van der Waals surface area contributed by atoms with Crippen molar-refractivity contribution in [1.82, 2.24) is 5.32 Å². The van der Waals surface area contributed by atoms with Gasteiger partial charge in [0.1, 0.15) is 5.82 Å². The Morgan fingerprint density at radius 2 is 1.81 bits per heavy atom. The zero-order valence-corrected chi connectivity index (χ0v) is 14.1. The van der Waals surface area contributed by atoms with Crippen LogP contribution in [0.25, 0.3) is 0 Å². The average molecular weight is 350 g/mol. The third-order valence-corrected chi connectivity index (χ3v) is 4.32. The maximum Gasteiger partial charge on any atom is 0.124 e. The summed E-state index contributed by atoms with van der Waals surface area (Å²) in [5.41, 5.74) is 3.74. The molecule has 0 aromatic heterocycles. The molecule has 0 saturated heterocycles. The smallest absolute Gasteiger partial charge is 0.124 e. The lowest BCUT2D eigenvalue weighted by Gasteiger charge is -2.19. The summed E-state index contributed by atoms with van der Waals surface area (Å²) < 4.78 is 14.0. The van der Waals surface area contributed by atoms with Crippen LogP contribution in [0, 0.1) is 12.7 Å². The van der Waals surface area contributed by atoms with Gasteiger partial charge in [0.15, 0.2) is 0 Å². The minimum absolute atomic E-state index is 0.204. The summed E-state index contributed by atoms with van der Waals surface area (Å²) in [6.45, 7) is 5.14. The number of likely N-dealkylation sites (N-methyl/N-ethyl adjacent to an activating group) is 1. The van der Waals surface area contributed by atoms with Gasteiger partial charge in [-0.15, -0.1) is 0 Å². The summed E-state index contributed by atoms with van der Waals surface area (Å²) >= 11 is 3.45. The number of hydrogen-bond acceptors (Lipinski definition) is 1. The molecule has 1 N–H and O–H groups in total. The maximum atomic E-state index is 13.2. The third-order valence-electron chi connectivity index (χ3n) is 3.58. The molecule has 0 aliphatic rings. The van der Waals surface area contributed by atoms with Crippen molar-refractivity contribution in [1.29, 1.82) is 0 Å². The van der Waals surface area contributed by atoms with Crippen molar-refractivity contribution >= 4 is 15.9 Å². The van der Waals surface area contributed by atoms with Crippen LogP contribution in [0.2, 0.25) is 0 Å². The van der Waals surface area contributed by atoms with Crippen LogP contribution in [-0.4, -0.2) is 12.6 Å². The van der Waals surface area contributed by atoms with Gasteiger partial charge >= 0.3 is 0 Å². The molecule has 0 amide bonds. The fraction of sp³-hybridized carbons (Fsp3) is 0.333. The standard InChI is InChI=1S/C18H21BrFN/c1-3-21-17(10-14-6-4-13(2)5-7-14)11-15-8-9-16(20)12-18(15)19/h4-9,12,17,21H,3,10-11H2,1-2H3. The van der Waals surface area contributed by atoms with Gasteiger partial charge in [-0.1, -0.05) is 58.7 Å². The van der Waals surface area contributed by atoms with Crippen molar-refractivity contribution in [3.05, 3.63) is 69.4 Å². The van der Waals surface area contributed by atoms with E-state index in [0.717, 1.165) is 29.4 Å². The molecule has 0 fully saturated rings. The second-order valence-corrected chi connectivity index (χ2v) is 6.24. The number of halogens is 2.